The highest BCUT2D eigenvalue weighted by atomic mass is 19.4. The highest BCUT2D eigenvalue weighted by Gasteiger charge is 2.39. The average molecular weight is 462 g/mol. The van der Waals surface area contributed by atoms with Crippen LogP contribution in [0.1, 0.15) is 54.0 Å². The molecule has 1 aliphatic rings. The summed E-state index contributed by atoms with van der Waals surface area (Å²) in [6.07, 6.45) is -10.7. The summed E-state index contributed by atoms with van der Waals surface area (Å²) in [4.78, 5) is 0. The number of hydrogen-bond acceptors (Lipinski definition) is 3. The van der Waals surface area contributed by atoms with Crippen LogP contribution in [0.3, 0.4) is 0 Å². The summed E-state index contributed by atoms with van der Waals surface area (Å²) < 4.78 is 91.0. The summed E-state index contributed by atoms with van der Waals surface area (Å²) >= 11 is 0. The molecule has 0 radical (unpaired) electrons. The molecule has 2 aromatic carbocycles. The van der Waals surface area contributed by atoms with E-state index in [9.17, 15) is 31.4 Å². The first kappa shape index (κ1) is 24.5. The summed E-state index contributed by atoms with van der Waals surface area (Å²) in [6, 6.07) is 10.6. The van der Waals surface area contributed by atoms with Crippen molar-refractivity contribution in [1.82, 2.24) is 0 Å². The summed E-state index contributed by atoms with van der Waals surface area (Å²) in [5, 5.41) is 9.45. The molecule has 32 heavy (non-hydrogen) atoms. The smallest absolute Gasteiger partial charge is 0.396 e. The van der Waals surface area contributed by atoms with Crippen molar-refractivity contribution < 1.29 is 40.9 Å². The number of benzene rings is 2. The van der Waals surface area contributed by atoms with Gasteiger partial charge in [-0.05, 0) is 55.0 Å². The van der Waals surface area contributed by atoms with Gasteiger partial charge in [0.05, 0.1) is 23.8 Å². The standard InChI is InChI=1S/C23H24F6O3/c1-14(17-11-18(22(24,25)26)13-19(12-17)23(27,28)29)32-21-20(15-5-3-2-4-6-15)16(7-9-30)8-10-31-21/h2-6,11-14,16,20-21,30H,7-10H2,1H3/t14?,16-,20+,21+/m0/s1. The van der Waals surface area contributed by atoms with Crippen molar-refractivity contribution in [2.45, 2.75) is 50.4 Å². The Kier molecular flexibility index (Phi) is 7.52. The van der Waals surface area contributed by atoms with E-state index in [1.54, 1.807) is 0 Å². The molecule has 0 bridgehead atoms. The lowest BCUT2D eigenvalue weighted by atomic mass is 9.80. The zero-order valence-corrected chi connectivity index (χ0v) is 17.3. The lowest BCUT2D eigenvalue weighted by Crippen LogP contribution is -2.37. The van der Waals surface area contributed by atoms with E-state index in [0.717, 1.165) is 5.56 Å². The van der Waals surface area contributed by atoms with Gasteiger partial charge in [-0.1, -0.05) is 30.3 Å². The number of halogens is 6. The summed E-state index contributed by atoms with van der Waals surface area (Å²) in [5.41, 5.74) is -2.16. The summed E-state index contributed by atoms with van der Waals surface area (Å²) in [6.45, 7) is 1.65. The number of ether oxygens (including phenoxy) is 2. The fraction of sp³-hybridized carbons (Fsp3) is 0.478. The second kappa shape index (κ2) is 9.80. The molecule has 0 amide bonds. The zero-order chi connectivity index (χ0) is 23.5. The minimum Gasteiger partial charge on any atom is -0.396 e. The molecule has 4 atom stereocenters. The second-order valence-corrected chi connectivity index (χ2v) is 7.85. The van der Waals surface area contributed by atoms with Gasteiger partial charge in [-0.25, -0.2) is 0 Å². The van der Waals surface area contributed by atoms with E-state index in [4.69, 9.17) is 9.47 Å². The second-order valence-electron chi connectivity index (χ2n) is 7.85. The Hall–Kier alpha value is -2.10. The van der Waals surface area contributed by atoms with Crippen LogP contribution in [0.2, 0.25) is 0 Å². The number of alkyl halides is 6. The minimum atomic E-state index is -4.93. The molecule has 9 heteroatoms. The largest absolute Gasteiger partial charge is 0.416 e. The molecule has 0 aliphatic carbocycles. The Morgan fingerprint density at radius 3 is 2.12 bits per heavy atom. The van der Waals surface area contributed by atoms with Crippen molar-refractivity contribution in [3.63, 3.8) is 0 Å². The highest BCUT2D eigenvalue weighted by molar-refractivity contribution is 5.34. The maximum Gasteiger partial charge on any atom is 0.416 e. The van der Waals surface area contributed by atoms with Crippen LogP contribution in [0.25, 0.3) is 0 Å². The zero-order valence-electron chi connectivity index (χ0n) is 17.3. The van der Waals surface area contributed by atoms with Crippen LogP contribution < -0.4 is 0 Å². The van der Waals surface area contributed by atoms with Crippen LogP contribution in [0.5, 0.6) is 0 Å². The van der Waals surface area contributed by atoms with Gasteiger partial charge in [0.25, 0.3) is 0 Å². The normalized spacial score (nSPS) is 23.2. The van der Waals surface area contributed by atoms with E-state index in [1.165, 1.54) is 6.92 Å². The third-order valence-corrected chi connectivity index (χ3v) is 5.67. The van der Waals surface area contributed by atoms with Crippen LogP contribution in [0.4, 0.5) is 26.3 Å². The first-order valence-electron chi connectivity index (χ1n) is 10.2. The third-order valence-electron chi connectivity index (χ3n) is 5.67. The Bertz CT molecular complexity index is 847. The topological polar surface area (TPSA) is 38.7 Å². The molecule has 1 unspecified atom stereocenters. The first-order valence-corrected chi connectivity index (χ1v) is 10.2. The lowest BCUT2D eigenvalue weighted by Gasteiger charge is -2.39. The fourth-order valence-corrected chi connectivity index (χ4v) is 4.05. The molecule has 3 nitrogen and oxygen atoms in total. The van der Waals surface area contributed by atoms with Gasteiger partial charge in [-0.2, -0.15) is 26.3 Å². The van der Waals surface area contributed by atoms with Gasteiger partial charge >= 0.3 is 12.4 Å². The van der Waals surface area contributed by atoms with Crippen LogP contribution in [0.15, 0.2) is 48.5 Å². The number of rotatable bonds is 6. The summed E-state index contributed by atoms with van der Waals surface area (Å²) in [5.74, 6) is -0.340. The monoisotopic (exact) mass is 462 g/mol. The van der Waals surface area contributed by atoms with E-state index in [-0.39, 0.29) is 30.1 Å². The van der Waals surface area contributed by atoms with E-state index in [0.29, 0.717) is 31.6 Å². The van der Waals surface area contributed by atoms with Crippen molar-refractivity contribution in [2.75, 3.05) is 13.2 Å². The summed E-state index contributed by atoms with van der Waals surface area (Å²) in [7, 11) is 0. The number of aliphatic hydroxyl groups excluding tert-OH is 1. The third kappa shape index (κ3) is 5.82. The molecule has 1 saturated heterocycles. The molecule has 0 aromatic heterocycles. The molecular weight excluding hydrogens is 438 g/mol. The van der Waals surface area contributed by atoms with E-state index < -0.39 is 35.9 Å². The molecule has 0 saturated carbocycles. The maximum atomic E-state index is 13.2. The predicted octanol–water partition coefficient (Wildman–Crippen LogP) is 6.33. The molecule has 0 spiro atoms. The van der Waals surface area contributed by atoms with Crippen LogP contribution in [0, 0.1) is 5.92 Å². The van der Waals surface area contributed by atoms with Gasteiger partial charge in [0.2, 0.25) is 0 Å². The van der Waals surface area contributed by atoms with Crippen molar-refractivity contribution in [3.05, 3.63) is 70.8 Å². The van der Waals surface area contributed by atoms with Gasteiger partial charge < -0.3 is 14.6 Å². The van der Waals surface area contributed by atoms with Crippen molar-refractivity contribution >= 4 is 0 Å². The first-order chi connectivity index (χ1) is 15.0. The van der Waals surface area contributed by atoms with Crippen LogP contribution in [-0.2, 0) is 21.8 Å². The Balaban J connectivity index is 1.93. The maximum absolute atomic E-state index is 13.2. The van der Waals surface area contributed by atoms with E-state index >= 15 is 0 Å². The van der Waals surface area contributed by atoms with E-state index in [2.05, 4.69) is 0 Å². The Morgan fingerprint density at radius 1 is 1.00 bits per heavy atom. The highest BCUT2D eigenvalue weighted by Crippen LogP contribution is 2.42. The molecule has 1 aliphatic heterocycles. The predicted molar refractivity (Wildman–Crippen MR) is 105 cm³/mol. The lowest BCUT2D eigenvalue weighted by molar-refractivity contribution is -0.210. The SMILES string of the molecule is CC(O[C@H]1OCC[C@H](CCO)[C@H]1c1ccccc1)c1cc(C(F)(F)F)cc(C(F)(F)F)c1. The van der Waals surface area contributed by atoms with Gasteiger partial charge in [0, 0.05) is 12.5 Å². The van der Waals surface area contributed by atoms with Crippen molar-refractivity contribution in [2.24, 2.45) is 5.92 Å². The van der Waals surface area contributed by atoms with Gasteiger partial charge in [0.1, 0.15) is 0 Å². The average Bonchev–Trinajstić information content (AvgIpc) is 2.73. The number of hydrogen-bond donors (Lipinski definition) is 1. The quantitative estimate of drug-likeness (QED) is 0.510. The molecule has 176 valence electrons. The molecule has 1 heterocycles. The van der Waals surface area contributed by atoms with Gasteiger partial charge in [0.15, 0.2) is 6.29 Å². The molecular formula is C23H24F6O3. The molecule has 2 aromatic rings. The minimum absolute atomic E-state index is 0.0133. The van der Waals surface area contributed by atoms with E-state index in [1.807, 2.05) is 30.3 Å². The van der Waals surface area contributed by atoms with Gasteiger partial charge in [-0.3, -0.25) is 0 Å². The Morgan fingerprint density at radius 2 is 1.59 bits per heavy atom. The van der Waals surface area contributed by atoms with Crippen molar-refractivity contribution in [3.8, 4) is 0 Å². The fourth-order valence-electron chi connectivity index (χ4n) is 4.05. The number of aliphatic hydroxyl groups is 1. The Labute approximate surface area is 182 Å². The van der Waals surface area contributed by atoms with Crippen LogP contribution in [-0.4, -0.2) is 24.6 Å². The molecule has 3 rings (SSSR count). The van der Waals surface area contributed by atoms with Gasteiger partial charge in [-0.15, -0.1) is 0 Å². The van der Waals surface area contributed by atoms with Crippen LogP contribution >= 0.6 is 0 Å². The molecule has 1 fully saturated rings. The van der Waals surface area contributed by atoms with Crippen molar-refractivity contribution in [1.29, 1.82) is 0 Å². The molecule has 1 N–H and O–H groups in total.